The van der Waals surface area contributed by atoms with Crippen molar-refractivity contribution in [3.63, 3.8) is 0 Å². The lowest BCUT2D eigenvalue weighted by molar-refractivity contribution is 0.218. The first-order valence-corrected chi connectivity index (χ1v) is 22.0. The molecule has 0 aliphatic heterocycles. The third-order valence-corrected chi connectivity index (χ3v) is 13.2. The van der Waals surface area contributed by atoms with Crippen molar-refractivity contribution in [2.45, 2.75) is 79.3 Å². The maximum absolute atomic E-state index is 13.4. The van der Waals surface area contributed by atoms with Crippen molar-refractivity contribution < 1.29 is 27.2 Å². The largest absolute Gasteiger partial charge is 0.334 e. The zero-order valence-corrected chi connectivity index (χ0v) is 25.5. The van der Waals surface area contributed by atoms with E-state index in [1.165, 1.54) is 10.4 Å². The van der Waals surface area contributed by atoms with E-state index in [1.807, 2.05) is 27.7 Å². The van der Waals surface area contributed by atoms with Gasteiger partial charge in [-0.25, -0.2) is 0 Å². The fourth-order valence-corrected chi connectivity index (χ4v) is 11.0. The molecule has 0 fully saturated rings. The highest BCUT2D eigenvalue weighted by Crippen LogP contribution is 2.52. The smallest absolute Gasteiger partial charge is 0.309 e. The minimum Gasteiger partial charge on any atom is -0.309 e. The second-order valence-electron chi connectivity index (χ2n) is 9.88. The van der Waals surface area contributed by atoms with E-state index in [0.717, 1.165) is 11.1 Å². The fraction of sp³-hybridized carbons (Fsp3) is 0.727. The molecule has 10 heteroatoms. The predicted molar refractivity (Wildman–Crippen MR) is 142 cm³/mol. The summed E-state index contributed by atoms with van der Waals surface area (Å²) in [5.41, 5.74) is 2.05. The van der Waals surface area contributed by atoms with Crippen molar-refractivity contribution in [1.82, 2.24) is 0 Å². The van der Waals surface area contributed by atoms with Gasteiger partial charge in [0.2, 0.25) is 0 Å². The van der Waals surface area contributed by atoms with Gasteiger partial charge in [0.05, 0.1) is 54.9 Å². The molecule has 0 radical (unpaired) electrons. The molecule has 186 valence electrons. The van der Waals surface area contributed by atoms with Crippen LogP contribution in [0.3, 0.4) is 0 Å². The van der Waals surface area contributed by atoms with Crippen LogP contribution in [-0.4, -0.2) is 42.6 Å². The summed E-state index contributed by atoms with van der Waals surface area (Å²) in [4.78, 5) is 0. The van der Waals surface area contributed by atoms with Gasteiger partial charge in [0, 0.05) is 0 Å². The van der Waals surface area contributed by atoms with Crippen LogP contribution >= 0.6 is 15.2 Å². The van der Waals surface area contributed by atoms with Gasteiger partial charge < -0.3 is 18.1 Å². The Morgan fingerprint density at radius 3 is 1.03 bits per heavy atom. The normalized spacial score (nSPS) is 13.6. The van der Waals surface area contributed by atoms with Crippen LogP contribution in [0.5, 0.6) is 0 Å². The van der Waals surface area contributed by atoms with Crippen molar-refractivity contribution >= 4 is 41.7 Å². The summed E-state index contributed by atoms with van der Waals surface area (Å²) >= 11 is 0. The summed E-state index contributed by atoms with van der Waals surface area (Å²) in [7, 11) is -10.2. The Morgan fingerprint density at radius 2 is 0.844 bits per heavy atom. The molecular weight excluding hydrogens is 478 g/mol. The van der Waals surface area contributed by atoms with Crippen molar-refractivity contribution in [3.8, 4) is 0 Å². The van der Waals surface area contributed by atoms with E-state index in [-0.39, 0.29) is 12.3 Å². The van der Waals surface area contributed by atoms with Crippen LogP contribution in [0.25, 0.3) is 0 Å². The van der Waals surface area contributed by atoms with Gasteiger partial charge in [-0.1, -0.05) is 61.8 Å². The summed E-state index contributed by atoms with van der Waals surface area (Å²) in [6.07, 6.45) is 0.501. The zero-order valence-electron chi connectivity index (χ0n) is 21.7. The molecule has 0 aliphatic rings. The van der Waals surface area contributed by atoms with E-state index in [9.17, 15) is 9.13 Å². The number of benzene rings is 1. The van der Waals surface area contributed by atoms with Gasteiger partial charge in [0.1, 0.15) is 0 Å². The molecule has 0 saturated heterocycles. The highest BCUT2D eigenvalue weighted by Gasteiger charge is 2.34. The number of hydrogen-bond acceptors (Lipinski definition) is 6. The van der Waals surface area contributed by atoms with Gasteiger partial charge in [-0.3, -0.25) is 9.13 Å². The quantitative estimate of drug-likeness (QED) is 0.211. The van der Waals surface area contributed by atoms with Crippen molar-refractivity contribution in [3.05, 3.63) is 23.3 Å². The molecule has 1 aromatic carbocycles. The van der Waals surface area contributed by atoms with Crippen LogP contribution in [0.1, 0.15) is 38.8 Å². The summed E-state index contributed by atoms with van der Waals surface area (Å²) in [5.74, 6) is 0. The second-order valence-corrected chi connectivity index (χ2v) is 24.1. The molecule has 0 N–H and O–H groups in total. The maximum atomic E-state index is 13.4. The van der Waals surface area contributed by atoms with E-state index in [0.29, 0.717) is 26.4 Å². The van der Waals surface area contributed by atoms with Crippen molar-refractivity contribution in [2.75, 3.05) is 26.4 Å². The van der Waals surface area contributed by atoms with Gasteiger partial charge in [-0.05, 0) is 38.8 Å². The topological polar surface area (TPSA) is 71.1 Å². The van der Waals surface area contributed by atoms with Crippen LogP contribution in [0.2, 0.25) is 39.3 Å². The Kier molecular flexibility index (Phi) is 11.3. The van der Waals surface area contributed by atoms with Crippen LogP contribution in [0.15, 0.2) is 12.1 Å². The molecule has 0 saturated carbocycles. The van der Waals surface area contributed by atoms with Crippen LogP contribution in [0, 0.1) is 0 Å². The number of hydrogen-bond donors (Lipinski definition) is 0. The van der Waals surface area contributed by atoms with Crippen LogP contribution in [-0.2, 0) is 39.5 Å². The highest BCUT2D eigenvalue weighted by molar-refractivity contribution is 7.53. The van der Waals surface area contributed by atoms with Gasteiger partial charge in [-0.2, -0.15) is 0 Å². The molecule has 0 aromatic heterocycles. The molecule has 0 aliphatic carbocycles. The van der Waals surface area contributed by atoms with Crippen molar-refractivity contribution in [2.24, 2.45) is 0 Å². The Balaban J connectivity index is 3.74. The molecule has 0 bridgehead atoms. The lowest BCUT2D eigenvalue weighted by atomic mass is 10.1. The molecule has 0 spiro atoms. The second kappa shape index (κ2) is 12.1. The first kappa shape index (κ1) is 30.0. The summed E-state index contributed by atoms with van der Waals surface area (Å²) in [5, 5.41) is 2.38. The summed E-state index contributed by atoms with van der Waals surface area (Å²) < 4.78 is 49.3. The van der Waals surface area contributed by atoms with Crippen LogP contribution in [0.4, 0.5) is 0 Å². The molecular formula is C22H44O6P2Si2. The van der Waals surface area contributed by atoms with E-state index >= 15 is 0 Å². The Hall–Kier alpha value is -0.0462. The van der Waals surface area contributed by atoms with E-state index in [1.54, 1.807) is 0 Å². The molecule has 6 nitrogen and oxygen atoms in total. The Morgan fingerprint density at radius 1 is 0.594 bits per heavy atom. The monoisotopic (exact) mass is 522 g/mol. The SMILES string of the molecule is CCOP(=O)(Cc1cc([Si](C)(C)C)c(CP(=O)(OCC)OCC)cc1[Si](C)(C)C)OCC. The van der Waals surface area contributed by atoms with Gasteiger partial charge >= 0.3 is 15.2 Å². The Labute approximate surface area is 197 Å². The lowest BCUT2D eigenvalue weighted by Gasteiger charge is -2.30. The molecule has 32 heavy (non-hydrogen) atoms. The Bertz CT molecular complexity index is 756. The minimum atomic E-state index is -3.25. The summed E-state index contributed by atoms with van der Waals surface area (Å²) in [6, 6.07) is 4.37. The van der Waals surface area contributed by atoms with Gasteiger partial charge in [0.25, 0.3) is 0 Å². The first-order chi connectivity index (χ1) is 14.6. The molecule has 1 aromatic rings. The zero-order chi connectivity index (χ0) is 24.8. The fourth-order valence-electron chi connectivity index (χ4n) is 3.81. The van der Waals surface area contributed by atoms with Gasteiger partial charge in [0.15, 0.2) is 0 Å². The van der Waals surface area contributed by atoms with Gasteiger partial charge in [-0.15, -0.1) is 0 Å². The van der Waals surface area contributed by atoms with E-state index in [2.05, 4.69) is 51.4 Å². The average Bonchev–Trinajstić information content (AvgIpc) is 2.61. The van der Waals surface area contributed by atoms with E-state index in [4.69, 9.17) is 18.1 Å². The standard InChI is InChI=1S/C22H44O6P2Si2/c1-11-25-29(23,26-12-2)17-19-15-22(32(8,9)10)20(16-21(19)31(5,6)7)18-30(24,27-13-3)28-14-4/h15-16H,11-14,17-18H2,1-10H3. The first-order valence-electron chi connectivity index (χ1n) is 11.6. The predicted octanol–water partition coefficient (Wildman–Crippen LogP) is 6.31. The maximum Gasteiger partial charge on any atom is 0.334 e. The molecule has 0 unspecified atom stereocenters. The molecule has 0 amide bonds. The van der Waals surface area contributed by atoms with Crippen molar-refractivity contribution in [1.29, 1.82) is 0 Å². The average molecular weight is 523 g/mol. The third kappa shape index (κ3) is 8.63. The summed E-state index contributed by atoms with van der Waals surface area (Å²) in [6.45, 7) is 22.3. The lowest BCUT2D eigenvalue weighted by Crippen LogP contribution is -2.46. The molecule has 0 heterocycles. The molecule has 0 atom stereocenters. The third-order valence-electron chi connectivity index (χ3n) is 4.98. The van der Waals surface area contributed by atoms with Crippen LogP contribution < -0.4 is 10.4 Å². The number of rotatable bonds is 14. The highest BCUT2D eigenvalue weighted by atomic mass is 31.2. The molecule has 1 rings (SSSR count). The van der Waals surface area contributed by atoms with E-state index < -0.39 is 31.3 Å². The minimum absolute atomic E-state index is 0.251.